The number of carbonyl (C=O) groups excluding carboxylic acids is 1. The van der Waals surface area contributed by atoms with Gasteiger partial charge < -0.3 is 10.4 Å². The van der Waals surface area contributed by atoms with Gasteiger partial charge in [-0.15, -0.1) is 11.8 Å². The molecule has 0 bridgehead atoms. The van der Waals surface area contributed by atoms with Gasteiger partial charge in [-0.3, -0.25) is 4.79 Å². The summed E-state index contributed by atoms with van der Waals surface area (Å²) in [5.74, 6) is -0.0865. The van der Waals surface area contributed by atoms with Crippen molar-refractivity contribution >= 4 is 17.7 Å². The van der Waals surface area contributed by atoms with Gasteiger partial charge in [-0.25, -0.2) is 0 Å². The van der Waals surface area contributed by atoms with Crippen LogP contribution in [-0.4, -0.2) is 23.7 Å². The number of hydrogen-bond donors (Lipinski definition) is 2. The van der Waals surface area contributed by atoms with Crippen LogP contribution in [0.4, 0.5) is 0 Å². The molecular weight excluding hydrogens is 282 g/mol. The molecule has 1 amide bonds. The second kappa shape index (κ2) is 7.86. The van der Waals surface area contributed by atoms with Gasteiger partial charge in [0.2, 0.25) is 5.91 Å². The molecule has 2 aromatic rings. The molecule has 0 saturated heterocycles. The Balaban J connectivity index is 2.20. The topological polar surface area (TPSA) is 49.3 Å². The van der Waals surface area contributed by atoms with Gasteiger partial charge in [-0.05, 0) is 24.6 Å². The van der Waals surface area contributed by atoms with Crippen molar-refractivity contribution in [1.29, 1.82) is 0 Å². The predicted octanol–water partition coefficient (Wildman–Crippen LogP) is 3.02. The van der Waals surface area contributed by atoms with E-state index in [1.54, 1.807) is 6.92 Å². The summed E-state index contributed by atoms with van der Waals surface area (Å²) in [6.07, 6.45) is 0. The molecule has 0 aliphatic rings. The van der Waals surface area contributed by atoms with Crippen LogP contribution >= 0.6 is 11.8 Å². The Morgan fingerprint density at radius 2 is 1.67 bits per heavy atom. The van der Waals surface area contributed by atoms with Crippen LogP contribution in [0.15, 0.2) is 65.6 Å². The van der Waals surface area contributed by atoms with E-state index in [2.05, 4.69) is 5.32 Å². The number of benzene rings is 2. The zero-order chi connectivity index (χ0) is 15.1. The maximum absolute atomic E-state index is 12.5. The maximum atomic E-state index is 12.5. The van der Waals surface area contributed by atoms with Gasteiger partial charge in [0, 0.05) is 10.9 Å². The van der Waals surface area contributed by atoms with Crippen molar-refractivity contribution in [3.05, 3.63) is 66.2 Å². The first-order valence-electron chi connectivity index (χ1n) is 6.88. The van der Waals surface area contributed by atoms with Crippen LogP contribution in [-0.2, 0) is 4.79 Å². The molecule has 0 aliphatic carbocycles. The first-order chi connectivity index (χ1) is 10.2. The number of rotatable bonds is 6. The third-order valence-corrected chi connectivity index (χ3v) is 4.27. The lowest BCUT2D eigenvalue weighted by atomic mass is 10.1. The number of hydrogen-bond acceptors (Lipinski definition) is 3. The summed E-state index contributed by atoms with van der Waals surface area (Å²) in [7, 11) is 0. The maximum Gasteiger partial charge on any atom is 0.238 e. The molecule has 0 aromatic heterocycles. The molecule has 4 heteroatoms. The van der Waals surface area contributed by atoms with Gasteiger partial charge in [0.05, 0.1) is 6.61 Å². The molecule has 2 atom stereocenters. The minimum atomic E-state index is -0.331. The Hall–Kier alpha value is -1.78. The predicted molar refractivity (Wildman–Crippen MR) is 86.2 cm³/mol. The Bertz CT molecular complexity index is 560. The third-order valence-electron chi connectivity index (χ3n) is 3.00. The van der Waals surface area contributed by atoms with E-state index in [9.17, 15) is 4.79 Å². The van der Waals surface area contributed by atoms with Gasteiger partial charge >= 0.3 is 0 Å². The van der Waals surface area contributed by atoms with Gasteiger partial charge in [0.1, 0.15) is 5.25 Å². The average molecular weight is 301 g/mol. The molecule has 110 valence electrons. The van der Waals surface area contributed by atoms with E-state index in [1.807, 2.05) is 60.7 Å². The smallest absolute Gasteiger partial charge is 0.238 e. The average Bonchev–Trinajstić information content (AvgIpc) is 2.54. The van der Waals surface area contributed by atoms with Gasteiger partial charge in [-0.2, -0.15) is 0 Å². The SMILES string of the molecule is CC(CO)NC(=O)C(Sc1ccccc1)c1ccccc1. The first kappa shape index (κ1) is 15.6. The fourth-order valence-corrected chi connectivity index (χ4v) is 2.95. The molecule has 0 heterocycles. The van der Waals surface area contributed by atoms with Crippen molar-refractivity contribution in [2.75, 3.05) is 6.61 Å². The van der Waals surface area contributed by atoms with E-state index in [0.29, 0.717) is 0 Å². The van der Waals surface area contributed by atoms with Gasteiger partial charge in [0.25, 0.3) is 0 Å². The highest BCUT2D eigenvalue weighted by atomic mass is 32.2. The van der Waals surface area contributed by atoms with Crippen LogP contribution in [0.3, 0.4) is 0 Å². The van der Waals surface area contributed by atoms with E-state index in [-0.39, 0.29) is 23.8 Å². The monoisotopic (exact) mass is 301 g/mol. The fourth-order valence-electron chi connectivity index (χ4n) is 1.90. The molecule has 0 radical (unpaired) electrons. The zero-order valence-corrected chi connectivity index (χ0v) is 12.7. The fraction of sp³-hybridized carbons (Fsp3) is 0.235. The number of aliphatic hydroxyl groups is 1. The summed E-state index contributed by atoms with van der Waals surface area (Å²) >= 11 is 1.51. The van der Waals surface area contributed by atoms with Crippen molar-refractivity contribution in [2.24, 2.45) is 0 Å². The van der Waals surface area contributed by atoms with E-state index in [4.69, 9.17) is 5.11 Å². The normalized spacial score (nSPS) is 13.4. The van der Waals surface area contributed by atoms with Crippen LogP contribution < -0.4 is 5.32 Å². The molecule has 2 N–H and O–H groups in total. The third kappa shape index (κ3) is 4.62. The van der Waals surface area contributed by atoms with E-state index >= 15 is 0 Å². The Kier molecular flexibility index (Phi) is 5.84. The summed E-state index contributed by atoms with van der Waals surface area (Å²) < 4.78 is 0. The highest BCUT2D eigenvalue weighted by molar-refractivity contribution is 8.00. The highest BCUT2D eigenvalue weighted by Crippen LogP contribution is 2.35. The second-order valence-corrected chi connectivity index (χ2v) is 5.99. The molecule has 3 nitrogen and oxygen atoms in total. The molecule has 0 saturated carbocycles. The van der Waals surface area contributed by atoms with Crippen molar-refractivity contribution in [2.45, 2.75) is 23.1 Å². The molecule has 2 aromatic carbocycles. The molecule has 0 fully saturated rings. The minimum Gasteiger partial charge on any atom is -0.394 e. The van der Waals surface area contributed by atoms with Gasteiger partial charge in [-0.1, -0.05) is 48.5 Å². The summed E-state index contributed by atoms with van der Waals surface area (Å²) in [4.78, 5) is 13.5. The molecule has 0 spiro atoms. The molecule has 2 rings (SSSR count). The summed E-state index contributed by atoms with van der Waals surface area (Å²) in [6.45, 7) is 1.72. The number of aliphatic hydroxyl groups excluding tert-OH is 1. The van der Waals surface area contributed by atoms with E-state index in [0.717, 1.165) is 10.5 Å². The lowest BCUT2D eigenvalue weighted by molar-refractivity contribution is -0.121. The number of thioether (sulfide) groups is 1. The van der Waals surface area contributed by atoms with Crippen LogP contribution in [0.25, 0.3) is 0 Å². The summed E-state index contributed by atoms with van der Waals surface area (Å²) in [6, 6.07) is 19.3. The Morgan fingerprint density at radius 3 is 2.24 bits per heavy atom. The molecule has 21 heavy (non-hydrogen) atoms. The van der Waals surface area contributed by atoms with Crippen molar-refractivity contribution in [3.63, 3.8) is 0 Å². The molecule has 2 unspecified atom stereocenters. The Morgan fingerprint density at radius 1 is 1.10 bits per heavy atom. The number of amides is 1. The lowest BCUT2D eigenvalue weighted by Gasteiger charge is -2.19. The summed E-state index contributed by atoms with van der Waals surface area (Å²) in [5, 5.41) is 11.6. The van der Waals surface area contributed by atoms with Crippen LogP contribution in [0, 0.1) is 0 Å². The standard InChI is InChI=1S/C17H19NO2S/c1-13(12-19)18-17(20)16(14-8-4-2-5-9-14)21-15-10-6-3-7-11-15/h2-11,13,16,19H,12H2,1H3,(H,18,20). The van der Waals surface area contributed by atoms with Crippen LogP contribution in [0.5, 0.6) is 0 Å². The second-order valence-electron chi connectivity index (χ2n) is 4.81. The number of nitrogens with one attached hydrogen (secondary N) is 1. The lowest BCUT2D eigenvalue weighted by Crippen LogP contribution is -2.37. The van der Waals surface area contributed by atoms with Crippen LogP contribution in [0.1, 0.15) is 17.7 Å². The largest absolute Gasteiger partial charge is 0.394 e. The van der Waals surface area contributed by atoms with Gasteiger partial charge in [0.15, 0.2) is 0 Å². The minimum absolute atomic E-state index is 0.0662. The van der Waals surface area contributed by atoms with Crippen LogP contribution in [0.2, 0.25) is 0 Å². The first-order valence-corrected chi connectivity index (χ1v) is 7.76. The van der Waals surface area contributed by atoms with E-state index in [1.165, 1.54) is 11.8 Å². The number of carbonyl (C=O) groups is 1. The Labute approximate surface area is 129 Å². The zero-order valence-electron chi connectivity index (χ0n) is 11.9. The van der Waals surface area contributed by atoms with Crippen molar-refractivity contribution < 1.29 is 9.90 Å². The quantitative estimate of drug-likeness (QED) is 0.806. The highest BCUT2D eigenvalue weighted by Gasteiger charge is 2.22. The molecular formula is C17H19NO2S. The van der Waals surface area contributed by atoms with Crippen molar-refractivity contribution in [3.8, 4) is 0 Å². The summed E-state index contributed by atoms with van der Waals surface area (Å²) in [5.41, 5.74) is 0.953. The molecule has 0 aliphatic heterocycles. The van der Waals surface area contributed by atoms with E-state index < -0.39 is 0 Å². The van der Waals surface area contributed by atoms with Crippen molar-refractivity contribution in [1.82, 2.24) is 5.32 Å².